The molecule has 0 saturated carbocycles. The number of sulfonamides is 1. The highest BCUT2D eigenvalue weighted by Crippen LogP contribution is 2.24. The number of ether oxygens (including phenoxy) is 1. The molecule has 7 nitrogen and oxygen atoms in total. The average molecular weight is 439 g/mol. The van der Waals surface area contributed by atoms with Gasteiger partial charge in [-0.3, -0.25) is 4.79 Å². The fourth-order valence-electron chi connectivity index (χ4n) is 3.32. The number of furan rings is 1. The van der Waals surface area contributed by atoms with Crippen molar-refractivity contribution in [2.24, 2.45) is 5.14 Å². The Balaban J connectivity index is 1.42. The predicted molar refractivity (Wildman–Crippen MR) is 118 cm³/mol. The first kappa shape index (κ1) is 21.0. The molecule has 0 radical (unpaired) electrons. The van der Waals surface area contributed by atoms with Gasteiger partial charge in [0, 0.05) is 29.9 Å². The van der Waals surface area contributed by atoms with E-state index in [1.54, 1.807) is 30.3 Å². The molecule has 160 valence electrons. The van der Waals surface area contributed by atoms with Gasteiger partial charge in [0.15, 0.2) is 5.78 Å². The number of anilines is 1. The van der Waals surface area contributed by atoms with Gasteiger partial charge in [0.2, 0.25) is 10.0 Å². The van der Waals surface area contributed by atoms with Gasteiger partial charge in [-0.25, -0.2) is 13.6 Å². The fraction of sp³-hybridized carbons (Fsp3) is 0.174. The number of ketones is 1. The smallest absolute Gasteiger partial charge is 0.238 e. The molecular formula is C23H22N2O5S. The Kier molecular flexibility index (Phi) is 6.03. The number of carbonyl (C=O) groups excluding carboxylic acids is 1. The normalized spacial score (nSPS) is 14.8. The molecule has 3 aromatic rings. The lowest BCUT2D eigenvalue weighted by atomic mass is 10.1. The summed E-state index contributed by atoms with van der Waals surface area (Å²) in [6.07, 6.45) is 3.08. The highest BCUT2D eigenvalue weighted by molar-refractivity contribution is 7.89. The maximum atomic E-state index is 12.5. The molecule has 0 spiro atoms. The number of hydrogen-bond acceptors (Lipinski definition) is 6. The van der Waals surface area contributed by atoms with E-state index in [0.29, 0.717) is 35.9 Å². The van der Waals surface area contributed by atoms with E-state index >= 15 is 0 Å². The van der Waals surface area contributed by atoms with E-state index in [2.05, 4.69) is 4.90 Å². The third-order valence-electron chi connectivity index (χ3n) is 5.02. The van der Waals surface area contributed by atoms with E-state index in [9.17, 15) is 13.2 Å². The first-order chi connectivity index (χ1) is 14.9. The topological polar surface area (TPSA) is 103 Å². The molecule has 2 N–H and O–H groups in total. The summed E-state index contributed by atoms with van der Waals surface area (Å²) in [7, 11) is -3.74. The zero-order chi connectivity index (χ0) is 21.8. The molecule has 1 aliphatic heterocycles. The summed E-state index contributed by atoms with van der Waals surface area (Å²) in [5.74, 6) is 0.954. The molecule has 1 aromatic heterocycles. The van der Waals surface area contributed by atoms with E-state index in [1.807, 2.05) is 24.3 Å². The molecular weight excluding hydrogens is 416 g/mol. The molecule has 31 heavy (non-hydrogen) atoms. The zero-order valence-electron chi connectivity index (χ0n) is 16.7. The first-order valence-electron chi connectivity index (χ1n) is 9.78. The number of rotatable bonds is 6. The summed E-state index contributed by atoms with van der Waals surface area (Å²) in [6, 6.07) is 17.1. The van der Waals surface area contributed by atoms with Crippen molar-refractivity contribution in [2.75, 3.05) is 31.2 Å². The van der Waals surface area contributed by atoms with E-state index < -0.39 is 10.0 Å². The van der Waals surface area contributed by atoms with Crippen LogP contribution in [-0.2, 0) is 14.8 Å². The highest BCUT2D eigenvalue weighted by atomic mass is 32.2. The second-order valence-corrected chi connectivity index (χ2v) is 8.68. The molecule has 8 heteroatoms. The monoisotopic (exact) mass is 438 g/mol. The van der Waals surface area contributed by atoms with Crippen molar-refractivity contribution >= 4 is 27.6 Å². The third kappa shape index (κ3) is 5.11. The predicted octanol–water partition coefficient (Wildman–Crippen LogP) is 3.33. The van der Waals surface area contributed by atoms with Gasteiger partial charge >= 0.3 is 0 Å². The Hall–Kier alpha value is -3.20. The third-order valence-corrected chi connectivity index (χ3v) is 5.95. The van der Waals surface area contributed by atoms with Gasteiger partial charge in [0.1, 0.15) is 11.5 Å². The lowest BCUT2D eigenvalue weighted by molar-refractivity contribution is 0.104. The van der Waals surface area contributed by atoms with Crippen molar-refractivity contribution in [3.63, 3.8) is 0 Å². The molecule has 2 aromatic carbocycles. The number of primary sulfonamides is 1. The maximum Gasteiger partial charge on any atom is 0.238 e. The number of morpholine rings is 1. The molecule has 1 saturated heterocycles. The van der Waals surface area contributed by atoms with Crippen LogP contribution in [-0.4, -0.2) is 40.5 Å². The number of carbonyl (C=O) groups is 1. The largest absolute Gasteiger partial charge is 0.457 e. The van der Waals surface area contributed by atoms with Gasteiger partial charge in [0.25, 0.3) is 0 Å². The molecule has 0 amide bonds. The quantitative estimate of drug-likeness (QED) is 0.468. The number of allylic oxidation sites excluding steroid dienone is 1. The molecule has 0 atom stereocenters. The number of hydrogen-bond donors (Lipinski definition) is 1. The summed E-state index contributed by atoms with van der Waals surface area (Å²) >= 11 is 0. The van der Waals surface area contributed by atoms with Gasteiger partial charge in [0.05, 0.1) is 18.1 Å². The highest BCUT2D eigenvalue weighted by Gasteiger charge is 2.12. The molecule has 0 bridgehead atoms. The van der Waals surface area contributed by atoms with Crippen LogP contribution in [0, 0.1) is 0 Å². The van der Waals surface area contributed by atoms with E-state index in [1.165, 1.54) is 18.2 Å². The van der Waals surface area contributed by atoms with Gasteiger partial charge in [-0.15, -0.1) is 0 Å². The molecule has 2 heterocycles. The second-order valence-electron chi connectivity index (χ2n) is 7.12. The van der Waals surface area contributed by atoms with Crippen molar-refractivity contribution < 1.29 is 22.4 Å². The Morgan fingerprint density at radius 1 is 0.935 bits per heavy atom. The zero-order valence-corrected chi connectivity index (χ0v) is 17.5. The van der Waals surface area contributed by atoms with Crippen molar-refractivity contribution in [3.8, 4) is 11.3 Å². The second kappa shape index (κ2) is 8.89. The SMILES string of the molecule is NS(=O)(=O)c1ccc(-c2ccc(C=CC(=O)c3ccc(N4CCOCC4)cc3)o2)cc1. The summed E-state index contributed by atoms with van der Waals surface area (Å²) in [5.41, 5.74) is 2.38. The number of benzene rings is 2. The number of nitrogens with two attached hydrogens (primary N) is 1. The fourth-order valence-corrected chi connectivity index (χ4v) is 3.83. The van der Waals surface area contributed by atoms with E-state index in [-0.39, 0.29) is 10.7 Å². The lowest BCUT2D eigenvalue weighted by Gasteiger charge is -2.28. The Labute approximate surface area is 180 Å². The van der Waals surface area contributed by atoms with Crippen LogP contribution in [0.2, 0.25) is 0 Å². The van der Waals surface area contributed by atoms with Crippen LogP contribution in [0.1, 0.15) is 16.1 Å². The maximum absolute atomic E-state index is 12.5. The van der Waals surface area contributed by atoms with Crippen LogP contribution in [0.25, 0.3) is 17.4 Å². The van der Waals surface area contributed by atoms with Crippen molar-refractivity contribution in [1.82, 2.24) is 0 Å². The van der Waals surface area contributed by atoms with E-state index in [0.717, 1.165) is 18.8 Å². The average Bonchev–Trinajstić information content (AvgIpc) is 3.27. The summed E-state index contributed by atoms with van der Waals surface area (Å²) in [4.78, 5) is 14.7. The molecule has 4 rings (SSSR count). The Bertz CT molecular complexity index is 1190. The molecule has 0 aliphatic carbocycles. The van der Waals surface area contributed by atoms with Crippen LogP contribution in [0.15, 0.2) is 76.1 Å². The molecule has 1 fully saturated rings. The standard InChI is InChI=1S/C23H22N2O5S/c24-31(27,28)21-9-3-18(4-10-21)23-12-8-20(30-23)7-11-22(26)17-1-5-19(6-2-17)25-13-15-29-16-14-25/h1-12H,13-16H2,(H2,24,27,28). The van der Waals surface area contributed by atoms with E-state index in [4.69, 9.17) is 14.3 Å². The minimum Gasteiger partial charge on any atom is -0.457 e. The van der Waals surface area contributed by atoms with Crippen LogP contribution in [0.4, 0.5) is 5.69 Å². The number of nitrogens with zero attached hydrogens (tertiary/aromatic N) is 1. The first-order valence-corrected chi connectivity index (χ1v) is 11.3. The summed E-state index contributed by atoms with van der Waals surface area (Å²) in [5, 5.41) is 5.11. The Morgan fingerprint density at radius 2 is 1.61 bits per heavy atom. The van der Waals surface area contributed by atoms with Gasteiger partial charge in [-0.2, -0.15) is 0 Å². The lowest BCUT2D eigenvalue weighted by Crippen LogP contribution is -2.36. The molecule has 0 unspecified atom stereocenters. The van der Waals surface area contributed by atoms with Crippen LogP contribution < -0.4 is 10.0 Å². The van der Waals surface area contributed by atoms with Crippen molar-refractivity contribution in [3.05, 3.63) is 78.1 Å². The minimum absolute atomic E-state index is 0.0353. The van der Waals surface area contributed by atoms with Gasteiger partial charge < -0.3 is 14.1 Å². The van der Waals surface area contributed by atoms with Gasteiger partial charge in [-0.1, -0.05) is 0 Å². The van der Waals surface area contributed by atoms with Crippen LogP contribution in [0.5, 0.6) is 0 Å². The summed E-state index contributed by atoms with van der Waals surface area (Å²) < 4.78 is 33.8. The van der Waals surface area contributed by atoms with Gasteiger partial charge in [-0.05, 0) is 72.8 Å². The van der Waals surface area contributed by atoms with Crippen molar-refractivity contribution in [2.45, 2.75) is 4.90 Å². The van der Waals surface area contributed by atoms with Crippen molar-refractivity contribution in [1.29, 1.82) is 0 Å². The summed E-state index contributed by atoms with van der Waals surface area (Å²) in [6.45, 7) is 3.12. The van der Waals surface area contributed by atoms with Crippen LogP contribution >= 0.6 is 0 Å². The molecule has 1 aliphatic rings. The Morgan fingerprint density at radius 3 is 2.26 bits per heavy atom. The minimum atomic E-state index is -3.74. The van der Waals surface area contributed by atoms with Crippen LogP contribution in [0.3, 0.4) is 0 Å².